The van der Waals surface area contributed by atoms with Gasteiger partial charge in [0.2, 0.25) is 11.6 Å². The molecule has 0 N–H and O–H groups in total. The van der Waals surface area contributed by atoms with Gasteiger partial charge in [-0.25, -0.2) is 9.79 Å². The highest BCUT2D eigenvalue weighted by atomic mass is 127. The number of ether oxygens (including phenoxy) is 2. The average molecular weight is 571 g/mol. The van der Waals surface area contributed by atoms with Crippen molar-refractivity contribution in [1.82, 2.24) is 0 Å². The second-order valence-electron chi connectivity index (χ2n) is 7.14. The topological polar surface area (TPSA) is 134 Å². The van der Waals surface area contributed by atoms with E-state index in [-0.39, 0.29) is 23.1 Å². The first-order valence-corrected chi connectivity index (χ1v) is 10.8. The lowest BCUT2D eigenvalue weighted by atomic mass is 10.1. The molecule has 1 heterocycles. The Morgan fingerprint density at radius 2 is 1.74 bits per heavy atom. The summed E-state index contributed by atoms with van der Waals surface area (Å²) in [6.07, 6.45) is 1.55. The molecule has 0 saturated carbocycles. The number of rotatable bonds is 6. The summed E-state index contributed by atoms with van der Waals surface area (Å²) in [5.74, 6) is -0.219. The van der Waals surface area contributed by atoms with Crippen molar-refractivity contribution in [2.24, 2.45) is 4.99 Å². The van der Waals surface area contributed by atoms with Crippen LogP contribution in [0.15, 0.2) is 71.4 Å². The third kappa shape index (κ3) is 4.93. The summed E-state index contributed by atoms with van der Waals surface area (Å²) in [6.45, 7) is 1.95. The van der Waals surface area contributed by atoms with E-state index in [1.807, 2.05) is 25.1 Å². The Balaban J connectivity index is 1.55. The summed E-state index contributed by atoms with van der Waals surface area (Å²) in [7, 11) is 0. The van der Waals surface area contributed by atoms with Crippen LogP contribution >= 0.6 is 22.6 Å². The van der Waals surface area contributed by atoms with Gasteiger partial charge in [0.15, 0.2) is 5.70 Å². The number of benzene rings is 3. The van der Waals surface area contributed by atoms with Crippen molar-refractivity contribution in [2.75, 3.05) is 0 Å². The molecule has 0 saturated heterocycles. The minimum Gasteiger partial charge on any atom is -0.450 e. The number of hydrogen-bond acceptors (Lipinski definition) is 8. The van der Waals surface area contributed by atoms with Crippen LogP contribution in [0.2, 0.25) is 0 Å². The van der Waals surface area contributed by atoms with Crippen LogP contribution in [0.3, 0.4) is 0 Å². The lowest BCUT2D eigenvalue weighted by Gasteiger charge is -2.06. The molecule has 0 unspecified atom stereocenters. The standard InChI is InChI=1S/C23H14IN3O7/c1-13-10-15(4-8-18(13)24)22-25-19(23(28)34-22)11-14-2-6-17(7-3-14)33-21-9-5-16(26(29)30)12-20(21)27(31)32/h2-12H,1H3/b19-11-. The van der Waals surface area contributed by atoms with E-state index in [0.717, 1.165) is 21.3 Å². The van der Waals surface area contributed by atoms with Crippen LogP contribution in [-0.2, 0) is 9.53 Å². The third-order valence-electron chi connectivity index (χ3n) is 4.79. The second kappa shape index (κ2) is 9.39. The predicted octanol–water partition coefficient (Wildman–Crippen LogP) is 5.55. The molecular weight excluding hydrogens is 557 g/mol. The molecule has 0 radical (unpaired) electrons. The van der Waals surface area contributed by atoms with E-state index in [2.05, 4.69) is 27.6 Å². The summed E-state index contributed by atoms with van der Waals surface area (Å²) in [5, 5.41) is 22.1. The Kier molecular flexibility index (Phi) is 6.36. The lowest BCUT2D eigenvalue weighted by molar-refractivity contribution is -0.394. The molecule has 0 bridgehead atoms. The zero-order valence-corrected chi connectivity index (χ0v) is 19.6. The molecule has 0 fully saturated rings. The monoisotopic (exact) mass is 571 g/mol. The molecule has 34 heavy (non-hydrogen) atoms. The first-order chi connectivity index (χ1) is 16.2. The largest absolute Gasteiger partial charge is 0.450 e. The van der Waals surface area contributed by atoms with Crippen LogP contribution in [0.25, 0.3) is 6.08 Å². The minimum absolute atomic E-state index is 0.130. The smallest absolute Gasteiger partial charge is 0.363 e. The summed E-state index contributed by atoms with van der Waals surface area (Å²) in [5.41, 5.74) is 1.56. The molecule has 3 aromatic carbocycles. The lowest BCUT2D eigenvalue weighted by Crippen LogP contribution is -2.05. The molecule has 0 spiro atoms. The van der Waals surface area contributed by atoms with Gasteiger partial charge in [0.05, 0.1) is 15.9 Å². The van der Waals surface area contributed by atoms with E-state index in [4.69, 9.17) is 9.47 Å². The van der Waals surface area contributed by atoms with Crippen molar-refractivity contribution in [3.63, 3.8) is 0 Å². The Bertz CT molecular complexity index is 1400. The zero-order chi connectivity index (χ0) is 24.4. The van der Waals surface area contributed by atoms with Gasteiger partial charge in [-0.2, -0.15) is 0 Å². The van der Waals surface area contributed by atoms with Crippen LogP contribution < -0.4 is 4.74 Å². The molecule has 4 rings (SSSR count). The van der Waals surface area contributed by atoms with Gasteiger partial charge in [-0.15, -0.1) is 0 Å². The number of aliphatic imine (C=N–C) groups is 1. The molecular formula is C23H14IN3O7. The molecule has 1 aliphatic heterocycles. The van der Waals surface area contributed by atoms with Gasteiger partial charge >= 0.3 is 11.7 Å². The fourth-order valence-electron chi connectivity index (χ4n) is 3.08. The van der Waals surface area contributed by atoms with Crippen molar-refractivity contribution in [1.29, 1.82) is 0 Å². The van der Waals surface area contributed by atoms with Gasteiger partial charge in [0.1, 0.15) is 5.75 Å². The molecule has 0 aliphatic carbocycles. The number of halogens is 1. The zero-order valence-electron chi connectivity index (χ0n) is 17.4. The van der Waals surface area contributed by atoms with Crippen LogP contribution in [0.1, 0.15) is 16.7 Å². The maximum absolute atomic E-state index is 12.3. The fourth-order valence-corrected chi connectivity index (χ4v) is 3.41. The Morgan fingerprint density at radius 3 is 2.38 bits per heavy atom. The predicted molar refractivity (Wildman–Crippen MR) is 131 cm³/mol. The molecule has 1 aliphatic rings. The maximum atomic E-state index is 12.3. The van der Waals surface area contributed by atoms with Crippen molar-refractivity contribution in [3.8, 4) is 11.5 Å². The van der Waals surface area contributed by atoms with E-state index in [0.29, 0.717) is 11.1 Å². The van der Waals surface area contributed by atoms with Gasteiger partial charge in [0, 0.05) is 15.2 Å². The number of non-ortho nitro benzene ring substituents is 1. The highest BCUT2D eigenvalue weighted by Crippen LogP contribution is 2.34. The number of nitro groups is 2. The summed E-state index contributed by atoms with van der Waals surface area (Å²) < 4.78 is 11.9. The van der Waals surface area contributed by atoms with E-state index in [1.54, 1.807) is 30.3 Å². The van der Waals surface area contributed by atoms with Crippen LogP contribution in [0, 0.1) is 30.7 Å². The first kappa shape index (κ1) is 23.0. The summed E-state index contributed by atoms with van der Waals surface area (Å²) in [6, 6.07) is 15.1. The van der Waals surface area contributed by atoms with Gasteiger partial charge in [0.25, 0.3) is 5.69 Å². The van der Waals surface area contributed by atoms with Gasteiger partial charge in [-0.05, 0) is 83.1 Å². The molecule has 170 valence electrons. The normalized spacial score (nSPS) is 14.0. The minimum atomic E-state index is -0.752. The number of esters is 1. The molecule has 10 nitrogen and oxygen atoms in total. The Hall–Kier alpha value is -4.13. The van der Waals surface area contributed by atoms with E-state index in [9.17, 15) is 25.0 Å². The number of nitrogens with zero attached hydrogens (tertiary/aromatic N) is 3. The maximum Gasteiger partial charge on any atom is 0.363 e. The van der Waals surface area contributed by atoms with Crippen LogP contribution in [0.4, 0.5) is 11.4 Å². The molecule has 0 atom stereocenters. The van der Waals surface area contributed by atoms with Crippen molar-refractivity contribution in [2.45, 2.75) is 6.92 Å². The summed E-state index contributed by atoms with van der Waals surface area (Å²) >= 11 is 2.22. The average Bonchev–Trinajstić information content (AvgIpc) is 3.17. The molecule has 0 amide bonds. The SMILES string of the molecule is Cc1cc(C2=N/C(=C\c3ccc(Oc4ccc([N+](=O)[O-])cc4[N+](=O)[O-])cc3)C(=O)O2)ccc1I. The highest BCUT2D eigenvalue weighted by Gasteiger charge is 2.25. The Morgan fingerprint density at radius 1 is 1.00 bits per heavy atom. The number of aryl methyl sites for hydroxylation is 1. The first-order valence-electron chi connectivity index (χ1n) is 9.71. The second-order valence-corrected chi connectivity index (χ2v) is 8.30. The molecule has 0 aromatic heterocycles. The van der Waals surface area contributed by atoms with Crippen LogP contribution in [0.5, 0.6) is 11.5 Å². The number of nitro benzene ring substituents is 2. The fraction of sp³-hybridized carbons (Fsp3) is 0.0435. The number of carbonyl (C=O) groups is 1. The van der Waals surface area contributed by atoms with Crippen LogP contribution in [-0.4, -0.2) is 21.7 Å². The van der Waals surface area contributed by atoms with E-state index < -0.39 is 27.2 Å². The number of hydrogen-bond donors (Lipinski definition) is 0. The van der Waals surface area contributed by atoms with E-state index in [1.165, 1.54) is 6.07 Å². The Labute approximate surface area is 206 Å². The van der Waals surface area contributed by atoms with Gasteiger partial charge < -0.3 is 9.47 Å². The van der Waals surface area contributed by atoms with Crippen molar-refractivity contribution < 1.29 is 24.1 Å². The van der Waals surface area contributed by atoms with Crippen molar-refractivity contribution >= 4 is 51.9 Å². The number of cyclic esters (lactones) is 1. The third-order valence-corrected chi connectivity index (χ3v) is 6.00. The highest BCUT2D eigenvalue weighted by molar-refractivity contribution is 14.1. The van der Waals surface area contributed by atoms with Gasteiger partial charge in [-0.1, -0.05) is 12.1 Å². The van der Waals surface area contributed by atoms with Gasteiger partial charge in [-0.3, -0.25) is 20.2 Å². The number of carbonyl (C=O) groups excluding carboxylic acids is 1. The molecule has 3 aromatic rings. The molecule has 11 heteroatoms. The quantitative estimate of drug-likeness (QED) is 0.124. The van der Waals surface area contributed by atoms with Crippen molar-refractivity contribution in [3.05, 3.63) is 107 Å². The summed E-state index contributed by atoms with van der Waals surface area (Å²) in [4.78, 5) is 37.2. The van der Waals surface area contributed by atoms with E-state index >= 15 is 0 Å².